The summed E-state index contributed by atoms with van der Waals surface area (Å²) in [4.78, 5) is 0. The Labute approximate surface area is 125 Å². The molecule has 1 N–H and O–H groups in total. The topological polar surface area (TPSA) is 30.5 Å². The van der Waals surface area contributed by atoms with Gasteiger partial charge in [-0.25, -0.2) is 0 Å². The second-order valence-corrected chi connectivity index (χ2v) is 5.46. The first-order chi connectivity index (χ1) is 10.3. The van der Waals surface area contributed by atoms with Crippen LogP contribution >= 0.6 is 0 Å². The first kappa shape index (κ1) is 14.0. The minimum atomic E-state index is 0.218. The Morgan fingerprint density at radius 1 is 1.24 bits per heavy atom. The van der Waals surface area contributed by atoms with Gasteiger partial charge >= 0.3 is 0 Å². The lowest BCUT2D eigenvalue weighted by Crippen LogP contribution is -2.31. The molecule has 3 heteroatoms. The molecule has 1 heterocycles. The summed E-state index contributed by atoms with van der Waals surface area (Å²) >= 11 is 0. The van der Waals surface area contributed by atoms with E-state index in [1.807, 2.05) is 24.3 Å². The van der Waals surface area contributed by atoms with Crippen LogP contribution in [0.15, 0.2) is 48.5 Å². The first-order valence-electron chi connectivity index (χ1n) is 7.38. The van der Waals surface area contributed by atoms with E-state index < -0.39 is 0 Å². The molecule has 0 bridgehead atoms. The molecule has 0 saturated heterocycles. The molecular formula is C18H21NO2. The summed E-state index contributed by atoms with van der Waals surface area (Å²) in [6.45, 7) is 3.00. The molecular weight excluding hydrogens is 262 g/mol. The highest BCUT2D eigenvalue weighted by atomic mass is 16.5. The molecule has 1 aliphatic rings. The molecule has 0 spiro atoms. The monoisotopic (exact) mass is 283 g/mol. The maximum Gasteiger partial charge on any atom is 0.123 e. The van der Waals surface area contributed by atoms with Crippen molar-refractivity contribution < 1.29 is 9.47 Å². The fraction of sp³-hybridized carbons (Fsp3) is 0.333. The number of rotatable bonds is 5. The van der Waals surface area contributed by atoms with E-state index >= 15 is 0 Å². The molecule has 3 nitrogen and oxygen atoms in total. The molecule has 0 saturated carbocycles. The minimum Gasteiger partial charge on any atom is -0.497 e. The highest BCUT2D eigenvalue weighted by Gasteiger charge is 2.22. The average molecular weight is 283 g/mol. The van der Waals surface area contributed by atoms with E-state index in [9.17, 15) is 0 Å². The van der Waals surface area contributed by atoms with Crippen LogP contribution in [0.2, 0.25) is 0 Å². The minimum absolute atomic E-state index is 0.218. The summed E-state index contributed by atoms with van der Waals surface area (Å²) in [6, 6.07) is 16.7. The van der Waals surface area contributed by atoms with Crippen molar-refractivity contribution in [1.82, 2.24) is 5.32 Å². The van der Waals surface area contributed by atoms with Gasteiger partial charge in [-0.3, -0.25) is 0 Å². The number of fused-ring (bicyclic) bond motifs is 1. The van der Waals surface area contributed by atoms with Gasteiger partial charge in [0.05, 0.1) is 7.11 Å². The molecule has 0 aromatic heterocycles. The van der Waals surface area contributed by atoms with Crippen LogP contribution in [0.25, 0.3) is 0 Å². The lowest BCUT2D eigenvalue weighted by molar-refractivity contribution is 0.222. The standard InChI is InChI=1S/C18H21NO2/c1-13(14-7-5-8-16(10-14)20-2)19-12-17-11-15-6-3-4-9-18(15)21-17/h3-10,13,17,19H,11-12H2,1-2H3. The number of nitrogens with one attached hydrogen (secondary N) is 1. The van der Waals surface area contributed by atoms with Gasteiger partial charge in [0, 0.05) is 19.0 Å². The zero-order chi connectivity index (χ0) is 14.7. The summed E-state index contributed by atoms with van der Waals surface area (Å²) in [6.07, 6.45) is 1.20. The van der Waals surface area contributed by atoms with Gasteiger partial charge in [0.15, 0.2) is 0 Å². The number of ether oxygens (including phenoxy) is 2. The van der Waals surface area contributed by atoms with Gasteiger partial charge in [0.25, 0.3) is 0 Å². The Morgan fingerprint density at radius 2 is 2.10 bits per heavy atom. The summed E-state index contributed by atoms with van der Waals surface area (Å²) < 4.78 is 11.2. The third-order valence-electron chi connectivity index (χ3n) is 3.96. The Hall–Kier alpha value is -2.00. The quantitative estimate of drug-likeness (QED) is 0.913. The predicted octanol–water partition coefficient (Wildman–Crippen LogP) is 3.35. The van der Waals surface area contributed by atoms with Crippen LogP contribution in [0.1, 0.15) is 24.1 Å². The van der Waals surface area contributed by atoms with Gasteiger partial charge in [-0.15, -0.1) is 0 Å². The van der Waals surface area contributed by atoms with Crippen molar-refractivity contribution in [3.63, 3.8) is 0 Å². The SMILES string of the molecule is COc1cccc(C(C)NCC2Cc3ccccc3O2)c1. The maximum atomic E-state index is 5.95. The largest absolute Gasteiger partial charge is 0.497 e. The Balaban J connectivity index is 1.56. The first-order valence-corrected chi connectivity index (χ1v) is 7.38. The van der Waals surface area contributed by atoms with Crippen LogP contribution < -0.4 is 14.8 Å². The molecule has 3 rings (SSSR count). The molecule has 0 amide bonds. The fourth-order valence-electron chi connectivity index (χ4n) is 2.70. The fourth-order valence-corrected chi connectivity index (χ4v) is 2.70. The van der Waals surface area contributed by atoms with Gasteiger partial charge in [-0.05, 0) is 36.2 Å². The number of methoxy groups -OCH3 is 1. The third kappa shape index (κ3) is 3.19. The van der Waals surface area contributed by atoms with E-state index in [-0.39, 0.29) is 12.1 Å². The molecule has 2 unspecified atom stereocenters. The Bertz CT molecular complexity index is 587. The zero-order valence-corrected chi connectivity index (χ0v) is 12.5. The zero-order valence-electron chi connectivity index (χ0n) is 12.5. The number of hydrogen-bond donors (Lipinski definition) is 1. The van der Waals surface area contributed by atoms with Crippen LogP contribution in [0.4, 0.5) is 0 Å². The van der Waals surface area contributed by atoms with Crippen LogP contribution in [0.3, 0.4) is 0 Å². The summed E-state index contributed by atoms with van der Waals surface area (Å²) in [5.74, 6) is 1.92. The smallest absolute Gasteiger partial charge is 0.123 e. The molecule has 110 valence electrons. The Kier molecular flexibility index (Phi) is 4.11. The second-order valence-electron chi connectivity index (χ2n) is 5.46. The van der Waals surface area contributed by atoms with E-state index in [0.29, 0.717) is 0 Å². The van der Waals surface area contributed by atoms with Crippen molar-refractivity contribution in [2.45, 2.75) is 25.5 Å². The molecule has 2 aromatic rings. The summed E-state index contributed by atoms with van der Waals surface area (Å²) in [5, 5.41) is 3.55. The summed E-state index contributed by atoms with van der Waals surface area (Å²) in [5.41, 5.74) is 2.53. The van der Waals surface area contributed by atoms with E-state index in [2.05, 4.69) is 36.5 Å². The van der Waals surface area contributed by atoms with Crippen LogP contribution in [-0.2, 0) is 6.42 Å². The van der Waals surface area contributed by atoms with E-state index in [0.717, 1.165) is 24.5 Å². The molecule has 21 heavy (non-hydrogen) atoms. The van der Waals surface area contributed by atoms with Gasteiger partial charge < -0.3 is 14.8 Å². The normalized spacial score (nSPS) is 17.9. The number of hydrogen-bond acceptors (Lipinski definition) is 3. The predicted molar refractivity (Wildman–Crippen MR) is 84.0 cm³/mol. The third-order valence-corrected chi connectivity index (χ3v) is 3.96. The highest BCUT2D eigenvalue weighted by molar-refractivity contribution is 5.37. The van der Waals surface area contributed by atoms with Crippen molar-refractivity contribution in [3.8, 4) is 11.5 Å². The van der Waals surface area contributed by atoms with Crippen molar-refractivity contribution in [2.24, 2.45) is 0 Å². The van der Waals surface area contributed by atoms with Gasteiger partial charge in [-0.2, -0.15) is 0 Å². The number of benzene rings is 2. The van der Waals surface area contributed by atoms with Gasteiger partial charge in [-0.1, -0.05) is 30.3 Å². The molecule has 1 aliphatic heterocycles. The maximum absolute atomic E-state index is 5.95. The lowest BCUT2D eigenvalue weighted by Gasteiger charge is -2.18. The second kappa shape index (κ2) is 6.19. The van der Waals surface area contributed by atoms with Crippen LogP contribution in [0, 0.1) is 0 Å². The number of para-hydroxylation sites is 1. The van der Waals surface area contributed by atoms with E-state index in [1.54, 1.807) is 7.11 Å². The molecule has 2 atom stereocenters. The molecule has 0 aliphatic carbocycles. The lowest BCUT2D eigenvalue weighted by atomic mass is 10.1. The van der Waals surface area contributed by atoms with Gasteiger partial charge in [0.2, 0.25) is 0 Å². The Morgan fingerprint density at radius 3 is 2.90 bits per heavy atom. The van der Waals surface area contributed by atoms with Gasteiger partial charge in [0.1, 0.15) is 17.6 Å². The van der Waals surface area contributed by atoms with Crippen molar-refractivity contribution in [3.05, 3.63) is 59.7 Å². The molecule has 0 fully saturated rings. The van der Waals surface area contributed by atoms with Crippen molar-refractivity contribution in [1.29, 1.82) is 0 Å². The highest BCUT2D eigenvalue weighted by Crippen LogP contribution is 2.28. The molecule has 2 aromatic carbocycles. The van der Waals surface area contributed by atoms with Crippen molar-refractivity contribution in [2.75, 3.05) is 13.7 Å². The average Bonchev–Trinajstić information content (AvgIpc) is 2.95. The van der Waals surface area contributed by atoms with Crippen molar-refractivity contribution >= 4 is 0 Å². The van der Waals surface area contributed by atoms with E-state index in [4.69, 9.17) is 9.47 Å². The van der Waals surface area contributed by atoms with Crippen LogP contribution in [-0.4, -0.2) is 19.8 Å². The van der Waals surface area contributed by atoms with E-state index in [1.165, 1.54) is 11.1 Å². The molecule has 0 radical (unpaired) electrons. The summed E-state index contributed by atoms with van der Waals surface area (Å²) in [7, 11) is 1.70. The van der Waals surface area contributed by atoms with Crippen LogP contribution in [0.5, 0.6) is 11.5 Å².